The Hall–Kier alpha value is -1.84. The highest BCUT2D eigenvalue weighted by atomic mass is 16.5. The lowest BCUT2D eigenvalue weighted by atomic mass is 9.87. The third-order valence-corrected chi connectivity index (χ3v) is 3.62. The molecular formula is C18H27N3O. The first kappa shape index (κ1) is 16.5. The average Bonchev–Trinajstić information content (AvgIpc) is 2.87. The third kappa shape index (κ3) is 3.87. The fourth-order valence-corrected chi connectivity index (χ4v) is 2.09. The Morgan fingerprint density at radius 2 is 1.55 bits per heavy atom. The van der Waals surface area contributed by atoms with E-state index in [2.05, 4.69) is 81.3 Å². The Kier molecular flexibility index (Phi) is 4.32. The van der Waals surface area contributed by atoms with Crippen molar-refractivity contribution in [1.82, 2.24) is 10.1 Å². The van der Waals surface area contributed by atoms with Crippen molar-refractivity contribution in [2.24, 2.45) is 0 Å². The molecule has 0 aliphatic carbocycles. The predicted octanol–water partition coefficient (Wildman–Crippen LogP) is 4.84. The van der Waals surface area contributed by atoms with Crippen molar-refractivity contribution in [2.75, 3.05) is 5.32 Å². The largest absolute Gasteiger partial charge is 0.374 e. The quantitative estimate of drug-likeness (QED) is 0.881. The highest BCUT2D eigenvalue weighted by Crippen LogP contribution is 2.26. The molecule has 1 unspecified atom stereocenters. The van der Waals surface area contributed by atoms with E-state index < -0.39 is 0 Å². The minimum atomic E-state index is -0.101. The maximum Gasteiger partial charge on any atom is 0.248 e. The maximum atomic E-state index is 5.38. The molecule has 2 aromatic rings. The molecule has 2 rings (SSSR count). The molecule has 0 saturated heterocycles. The van der Waals surface area contributed by atoms with Crippen LogP contribution < -0.4 is 5.32 Å². The van der Waals surface area contributed by atoms with Gasteiger partial charge in [0, 0.05) is 11.1 Å². The number of anilines is 1. The monoisotopic (exact) mass is 301 g/mol. The van der Waals surface area contributed by atoms with Crippen LogP contribution in [0.5, 0.6) is 0 Å². The third-order valence-electron chi connectivity index (χ3n) is 3.62. The number of hydrogen-bond donors (Lipinski definition) is 1. The van der Waals surface area contributed by atoms with Gasteiger partial charge < -0.3 is 9.84 Å². The molecule has 0 bridgehead atoms. The van der Waals surface area contributed by atoms with Gasteiger partial charge in [-0.05, 0) is 30.0 Å². The Labute approximate surface area is 133 Å². The van der Waals surface area contributed by atoms with Crippen molar-refractivity contribution in [1.29, 1.82) is 0 Å². The van der Waals surface area contributed by atoms with Crippen LogP contribution >= 0.6 is 0 Å². The van der Waals surface area contributed by atoms with E-state index in [1.54, 1.807) is 0 Å². The van der Waals surface area contributed by atoms with Gasteiger partial charge in [-0.1, -0.05) is 58.8 Å². The molecule has 0 fully saturated rings. The van der Waals surface area contributed by atoms with Crippen molar-refractivity contribution < 1.29 is 4.52 Å². The number of aromatic nitrogens is 2. The second-order valence-corrected chi connectivity index (χ2v) is 7.90. The molecule has 1 aromatic carbocycles. The van der Waals surface area contributed by atoms with E-state index in [-0.39, 0.29) is 16.9 Å². The van der Waals surface area contributed by atoms with E-state index in [9.17, 15) is 0 Å². The standard InChI is InChI=1S/C18H27N3O/c1-12(15-20-16(21-22-15)18(5,6)7)19-14-10-8-13(9-11-14)17(2,3)4/h8-12,19H,1-7H3. The first-order valence-corrected chi connectivity index (χ1v) is 7.78. The minimum absolute atomic E-state index is 0.0240. The van der Waals surface area contributed by atoms with E-state index >= 15 is 0 Å². The predicted molar refractivity (Wildman–Crippen MR) is 90.2 cm³/mol. The fraction of sp³-hybridized carbons (Fsp3) is 0.556. The van der Waals surface area contributed by atoms with Crippen LogP contribution in [0.4, 0.5) is 5.69 Å². The van der Waals surface area contributed by atoms with Crippen molar-refractivity contribution in [3.8, 4) is 0 Å². The number of hydrogen-bond acceptors (Lipinski definition) is 4. The minimum Gasteiger partial charge on any atom is -0.374 e. The molecule has 22 heavy (non-hydrogen) atoms. The Balaban J connectivity index is 2.09. The summed E-state index contributed by atoms with van der Waals surface area (Å²) in [5, 5.41) is 7.48. The number of nitrogens with zero attached hydrogens (tertiary/aromatic N) is 2. The maximum absolute atomic E-state index is 5.38. The number of rotatable bonds is 3. The van der Waals surface area contributed by atoms with Crippen LogP contribution in [0.25, 0.3) is 0 Å². The van der Waals surface area contributed by atoms with Gasteiger partial charge >= 0.3 is 0 Å². The molecule has 1 atom stereocenters. The molecule has 1 heterocycles. The van der Waals surface area contributed by atoms with Crippen molar-refractivity contribution in [2.45, 2.75) is 65.3 Å². The summed E-state index contributed by atoms with van der Waals surface area (Å²) in [5.41, 5.74) is 2.43. The SMILES string of the molecule is CC(Nc1ccc(C(C)(C)C)cc1)c1nc(C(C)(C)C)no1. The molecule has 120 valence electrons. The van der Waals surface area contributed by atoms with E-state index in [4.69, 9.17) is 4.52 Å². The molecule has 1 N–H and O–H groups in total. The number of nitrogens with one attached hydrogen (secondary N) is 1. The van der Waals surface area contributed by atoms with E-state index in [1.165, 1.54) is 5.56 Å². The normalized spacial score (nSPS) is 14.0. The summed E-state index contributed by atoms with van der Waals surface area (Å²) in [6, 6.07) is 8.48. The van der Waals surface area contributed by atoms with Crippen LogP contribution in [-0.2, 0) is 10.8 Å². The van der Waals surface area contributed by atoms with Gasteiger partial charge in [0.15, 0.2) is 5.82 Å². The van der Waals surface area contributed by atoms with Gasteiger partial charge in [-0.3, -0.25) is 0 Å². The van der Waals surface area contributed by atoms with Crippen LogP contribution in [0.1, 0.15) is 71.8 Å². The first-order valence-electron chi connectivity index (χ1n) is 7.78. The molecule has 0 amide bonds. The molecule has 4 heteroatoms. The summed E-state index contributed by atoms with van der Waals surface area (Å²) in [6.07, 6.45) is 0. The highest BCUT2D eigenvalue weighted by molar-refractivity contribution is 5.46. The molecule has 0 radical (unpaired) electrons. The molecule has 0 aliphatic heterocycles. The van der Waals surface area contributed by atoms with Crippen LogP contribution in [0.3, 0.4) is 0 Å². The van der Waals surface area contributed by atoms with Gasteiger partial charge in [-0.15, -0.1) is 0 Å². The van der Waals surface area contributed by atoms with Gasteiger partial charge in [-0.25, -0.2) is 0 Å². The zero-order valence-corrected chi connectivity index (χ0v) is 14.7. The van der Waals surface area contributed by atoms with Crippen LogP contribution in [0.2, 0.25) is 0 Å². The second kappa shape index (κ2) is 5.75. The van der Waals surface area contributed by atoms with Gasteiger partial charge in [0.1, 0.15) is 6.04 Å². The van der Waals surface area contributed by atoms with E-state index in [0.717, 1.165) is 11.5 Å². The lowest BCUT2D eigenvalue weighted by molar-refractivity contribution is 0.354. The van der Waals surface area contributed by atoms with E-state index in [1.807, 2.05) is 6.92 Å². The molecule has 1 aromatic heterocycles. The molecule has 4 nitrogen and oxygen atoms in total. The van der Waals surface area contributed by atoms with Crippen LogP contribution in [-0.4, -0.2) is 10.1 Å². The highest BCUT2D eigenvalue weighted by Gasteiger charge is 2.23. The summed E-state index contributed by atoms with van der Waals surface area (Å²) >= 11 is 0. The summed E-state index contributed by atoms with van der Waals surface area (Å²) < 4.78 is 5.38. The lowest BCUT2D eigenvalue weighted by Gasteiger charge is -2.20. The Morgan fingerprint density at radius 1 is 0.955 bits per heavy atom. The topological polar surface area (TPSA) is 51.0 Å². The summed E-state index contributed by atoms with van der Waals surface area (Å²) in [5.74, 6) is 1.35. The van der Waals surface area contributed by atoms with Gasteiger partial charge in [0.2, 0.25) is 5.89 Å². The zero-order chi connectivity index (χ0) is 16.5. The number of benzene rings is 1. The van der Waals surface area contributed by atoms with Crippen molar-refractivity contribution >= 4 is 5.69 Å². The molecule has 0 spiro atoms. The van der Waals surface area contributed by atoms with Gasteiger partial charge in [0.25, 0.3) is 0 Å². The summed E-state index contributed by atoms with van der Waals surface area (Å²) in [6.45, 7) is 14.9. The van der Waals surface area contributed by atoms with Crippen molar-refractivity contribution in [3.05, 3.63) is 41.5 Å². The van der Waals surface area contributed by atoms with Gasteiger partial charge in [-0.2, -0.15) is 4.98 Å². The zero-order valence-electron chi connectivity index (χ0n) is 14.7. The van der Waals surface area contributed by atoms with Crippen LogP contribution in [0, 0.1) is 0 Å². The Morgan fingerprint density at radius 3 is 2.00 bits per heavy atom. The second-order valence-electron chi connectivity index (χ2n) is 7.90. The van der Waals surface area contributed by atoms with E-state index in [0.29, 0.717) is 5.89 Å². The average molecular weight is 301 g/mol. The molecule has 0 aliphatic rings. The fourth-order valence-electron chi connectivity index (χ4n) is 2.09. The summed E-state index contributed by atoms with van der Waals surface area (Å²) in [7, 11) is 0. The molecular weight excluding hydrogens is 274 g/mol. The first-order chi connectivity index (χ1) is 10.1. The smallest absolute Gasteiger partial charge is 0.248 e. The van der Waals surface area contributed by atoms with Crippen molar-refractivity contribution in [3.63, 3.8) is 0 Å². The van der Waals surface area contributed by atoms with Crippen LogP contribution in [0.15, 0.2) is 28.8 Å². The van der Waals surface area contributed by atoms with Gasteiger partial charge in [0.05, 0.1) is 0 Å². The lowest BCUT2D eigenvalue weighted by Crippen LogP contribution is -2.14. The Bertz CT molecular complexity index is 615. The summed E-state index contributed by atoms with van der Waals surface area (Å²) in [4.78, 5) is 4.49. The molecule has 0 saturated carbocycles.